The van der Waals surface area contributed by atoms with Crippen LogP contribution in [0.5, 0.6) is 0 Å². The second-order valence-electron chi connectivity index (χ2n) is 6.60. The molecular weight excluding hydrogens is 342 g/mol. The fraction of sp³-hybridized carbons (Fsp3) is 0.812. The predicted molar refractivity (Wildman–Crippen MR) is 97.8 cm³/mol. The minimum atomic E-state index is -0.149. The summed E-state index contributed by atoms with van der Waals surface area (Å²) in [6, 6.07) is 0.456. The third-order valence-electron chi connectivity index (χ3n) is 4.64. The van der Waals surface area contributed by atoms with Gasteiger partial charge in [-0.3, -0.25) is 15.0 Å². The van der Waals surface area contributed by atoms with Gasteiger partial charge in [0, 0.05) is 30.4 Å². The number of rotatable bonds is 11. The van der Waals surface area contributed by atoms with Crippen LogP contribution in [0.2, 0.25) is 0 Å². The third-order valence-corrected chi connectivity index (χ3v) is 6.15. The highest BCUT2D eigenvalue weighted by Crippen LogP contribution is 2.33. The van der Waals surface area contributed by atoms with Gasteiger partial charge in [0.1, 0.15) is 0 Å². The predicted octanol–water partition coefficient (Wildman–Crippen LogP) is 0.379. The second-order valence-corrected chi connectivity index (χ2v) is 7.87. The van der Waals surface area contributed by atoms with Gasteiger partial charge in [-0.15, -0.1) is 0 Å². The molecule has 2 aliphatic heterocycles. The number of carbonyl (C=O) groups is 3. The van der Waals surface area contributed by atoms with Crippen LogP contribution in [0.3, 0.4) is 0 Å². The minimum Gasteiger partial charge on any atom is -0.356 e. The van der Waals surface area contributed by atoms with E-state index in [0.717, 1.165) is 44.3 Å². The van der Waals surface area contributed by atoms with Gasteiger partial charge >= 0.3 is 6.03 Å². The highest BCUT2D eigenvalue weighted by atomic mass is 32.2. The number of carbonyl (C=O) groups excluding carboxylic acids is 3. The maximum Gasteiger partial charge on any atom is 0.315 e. The first-order valence-corrected chi connectivity index (χ1v) is 10.1. The summed E-state index contributed by atoms with van der Waals surface area (Å²) in [5, 5.41) is 9.30. The van der Waals surface area contributed by atoms with Crippen molar-refractivity contribution in [3.63, 3.8) is 0 Å². The van der Waals surface area contributed by atoms with E-state index < -0.39 is 0 Å². The Balaban J connectivity index is 1.44. The maximum atomic E-state index is 11.8. The van der Waals surface area contributed by atoms with E-state index in [0.29, 0.717) is 24.6 Å². The van der Waals surface area contributed by atoms with E-state index in [1.54, 1.807) is 0 Å². The van der Waals surface area contributed by atoms with Crippen LogP contribution in [0.15, 0.2) is 0 Å². The van der Waals surface area contributed by atoms with E-state index in [4.69, 9.17) is 5.84 Å². The van der Waals surface area contributed by atoms with Crippen molar-refractivity contribution in [2.45, 2.75) is 68.7 Å². The second kappa shape index (κ2) is 10.5. The van der Waals surface area contributed by atoms with Gasteiger partial charge in [-0.1, -0.05) is 12.8 Å². The molecule has 0 aromatic carbocycles. The lowest BCUT2D eigenvalue weighted by Crippen LogP contribution is -2.36. The number of thioether (sulfide) groups is 1. The molecule has 0 spiro atoms. The van der Waals surface area contributed by atoms with Gasteiger partial charge in [0.25, 0.3) is 0 Å². The smallest absolute Gasteiger partial charge is 0.315 e. The van der Waals surface area contributed by atoms with E-state index in [1.807, 2.05) is 11.8 Å². The molecule has 8 nitrogen and oxygen atoms in total. The number of hydrogen-bond donors (Lipinski definition) is 5. The lowest BCUT2D eigenvalue weighted by atomic mass is 10.0. The van der Waals surface area contributed by atoms with Crippen molar-refractivity contribution in [1.82, 2.24) is 21.4 Å². The van der Waals surface area contributed by atoms with Crippen LogP contribution in [0.4, 0.5) is 4.79 Å². The van der Waals surface area contributed by atoms with E-state index in [2.05, 4.69) is 21.4 Å². The maximum absolute atomic E-state index is 11.8. The van der Waals surface area contributed by atoms with Gasteiger partial charge in [0.05, 0.1) is 12.1 Å². The highest BCUT2D eigenvalue weighted by Gasteiger charge is 2.42. The van der Waals surface area contributed by atoms with Crippen molar-refractivity contribution < 1.29 is 14.4 Å². The average Bonchev–Trinajstić information content (AvgIpc) is 3.14. The minimum absolute atomic E-state index is 0.0525. The molecule has 0 radical (unpaired) electrons. The van der Waals surface area contributed by atoms with E-state index in [9.17, 15) is 14.4 Å². The largest absolute Gasteiger partial charge is 0.356 e. The number of nitrogens with one attached hydrogen (secondary N) is 4. The molecule has 2 saturated heterocycles. The zero-order valence-corrected chi connectivity index (χ0v) is 15.3. The Hall–Kier alpha value is -1.48. The normalized spacial score (nSPS) is 24.4. The van der Waals surface area contributed by atoms with Gasteiger partial charge in [0.2, 0.25) is 11.8 Å². The molecule has 2 rings (SSSR count). The molecule has 142 valence electrons. The summed E-state index contributed by atoms with van der Waals surface area (Å²) in [5.74, 6) is 5.92. The van der Waals surface area contributed by atoms with Crippen molar-refractivity contribution >= 4 is 29.6 Å². The summed E-state index contributed by atoms with van der Waals surface area (Å²) in [5.41, 5.74) is 2.10. The van der Waals surface area contributed by atoms with E-state index in [1.165, 1.54) is 0 Å². The standard InChI is InChI=1S/C16H29N5O3S/c17-21-14(23)8-2-1-5-9-18-13(22)7-4-3-6-12-15-11(10-25-12)19-16(24)20-15/h11-12,15H,1-10,17H2,(H,18,22)(H,21,23)(H2,19,20,24)/t11-,12+,15-/m1/s1. The summed E-state index contributed by atoms with van der Waals surface area (Å²) < 4.78 is 0. The molecule has 0 aromatic rings. The number of fused-ring (bicyclic) bond motifs is 1. The van der Waals surface area contributed by atoms with Crippen molar-refractivity contribution in [3.8, 4) is 0 Å². The summed E-state index contributed by atoms with van der Waals surface area (Å²) in [6.07, 6.45) is 6.44. The number of hydrogen-bond acceptors (Lipinski definition) is 5. The fourth-order valence-corrected chi connectivity index (χ4v) is 4.79. The lowest BCUT2D eigenvalue weighted by molar-refractivity contribution is -0.122. The van der Waals surface area contributed by atoms with E-state index in [-0.39, 0.29) is 29.9 Å². The molecule has 0 unspecified atom stereocenters. The summed E-state index contributed by atoms with van der Waals surface area (Å²) in [7, 11) is 0. The van der Waals surface area contributed by atoms with Crippen LogP contribution < -0.4 is 27.2 Å². The Morgan fingerprint density at radius 2 is 1.84 bits per heavy atom. The van der Waals surface area contributed by atoms with Gasteiger partial charge in [-0.05, 0) is 25.7 Å². The molecule has 4 amide bonds. The van der Waals surface area contributed by atoms with Crippen LogP contribution in [0, 0.1) is 0 Å². The number of amides is 4. The molecule has 0 saturated carbocycles. The zero-order chi connectivity index (χ0) is 18.1. The van der Waals surface area contributed by atoms with Crippen molar-refractivity contribution in [2.75, 3.05) is 12.3 Å². The molecule has 6 N–H and O–H groups in total. The third kappa shape index (κ3) is 6.74. The van der Waals surface area contributed by atoms with Crippen LogP contribution in [-0.4, -0.2) is 47.5 Å². The highest BCUT2D eigenvalue weighted by molar-refractivity contribution is 8.00. The molecule has 3 atom stereocenters. The Morgan fingerprint density at radius 3 is 2.64 bits per heavy atom. The molecule has 0 aromatic heterocycles. The number of urea groups is 1. The first kappa shape index (κ1) is 19.8. The molecule has 0 bridgehead atoms. The Labute approximate surface area is 152 Å². The van der Waals surface area contributed by atoms with Gasteiger partial charge in [-0.2, -0.15) is 11.8 Å². The quantitative estimate of drug-likeness (QED) is 0.118. The summed E-state index contributed by atoms with van der Waals surface area (Å²) in [6.45, 7) is 0.656. The van der Waals surface area contributed by atoms with E-state index >= 15 is 0 Å². The molecular formula is C16H29N5O3S. The SMILES string of the molecule is NNC(=O)CCCCCNC(=O)CCCC[C@@H]1SC[C@H]2NC(=O)N[C@@H]12. The van der Waals surface area contributed by atoms with Crippen molar-refractivity contribution in [3.05, 3.63) is 0 Å². The van der Waals surface area contributed by atoms with Crippen LogP contribution >= 0.6 is 11.8 Å². The van der Waals surface area contributed by atoms with Crippen molar-refractivity contribution in [1.29, 1.82) is 0 Å². The topological polar surface area (TPSA) is 125 Å². The fourth-order valence-electron chi connectivity index (χ4n) is 3.25. The van der Waals surface area contributed by atoms with Gasteiger partial charge < -0.3 is 16.0 Å². The van der Waals surface area contributed by atoms with Gasteiger partial charge in [-0.25, -0.2) is 10.6 Å². The van der Waals surface area contributed by atoms with Gasteiger partial charge in [0.15, 0.2) is 0 Å². The van der Waals surface area contributed by atoms with Crippen LogP contribution in [-0.2, 0) is 9.59 Å². The Bertz CT molecular complexity index is 477. The lowest BCUT2D eigenvalue weighted by Gasteiger charge is -2.16. The molecule has 2 aliphatic rings. The zero-order valence-electron chi connectivity index (χ0n) is 14.5. The Morgan fingerprint density at radius 1 is 1.08 bits per heavy atom. The summed E-state index contributed by atoms with van der Waals surface area (Å²) >= 11 is 1.91. The number of unbranched alkanes of at least 4 members (excludes halogenated alkanes) is 3. The first-order valence-electron chi connectivity index (χ1n) is 9.05. The van der Waals surface area contributed by atoms with Crippen LogP contribution in [0.1, 0.15) is 51.4 Å². The monoisotopic (exact) mass is 371 g/mol. The average molecular weight is 372 g/mol. The molecule has 9 heteroatoms. The van der Waals surface area contributed by atoms with Crippen molar-refractivity contribution in [2.24, 2.45) is 5.84 Å². The molecule has 0 aliphatic carbocycles. The number of nitrogens with two attached hydrogens (primary N) is 1. The number of hydrazine groups is 1. The molecule has 2 heterocycles. The van der Waals surface area contributed by atoms with Crippen LogP contribution in [0.25, 0.3) is 0 Å². The molecule has 25 heavy (non-hydrogen) atoms. The summed E-state index contributed by atoms with van der Waals surface area (Å²) in [4.78, 5) is 34.1. The molecule has 2 fully saturated rings. The first-order chi connectivity index (χ1) is 12.1. The Kier molecular flexibility index (Phi) is 8.33.